The number of rotatable bonds is 7. The van der Waals surface area contributed by atoms with Crippen molar-refractivity contribution in [2.45, 2.75) is 34.1 Å². The van der Waals surface area contributed by atoms with Crippen LogP contribution in [0, 0.1) is 11.8 Å². The first-order valence-corrected chi connectivity index (χ1v) is 5.35. The van der Waals surface area contributed by atoms with Crippen molar-refractivity contribution in [1.29, 1.82) is 0 Å². The Hall–Kier alpha value is -0.630. The third-order valence-electron chi connectivity index (χ3n) is 2.70. The van der Waals surface area contributed by atoms with E-state index in [1.807, 2.05) is 26.0 Å². The molecule has 0 heterocycles. The van der Waals surface area contributed by atoms with Gasteiger partial charge in [-0.3, -0.25) is 4.79 Å². The summed E-state index contributed by atoms with van der Waals surface area (Å²) in [4.78, 5) is 11.6. The Morgan fingerprint density at radius 3 is 2.57 bits per heavy atom. The Morgan fingerprint density at radius 1 is 1.43 bits per heavy atom. The largest absolute Gasteiger partial charge is 0.370 e. The van der Waals surface area contributed by atoms with Crippen molar-refractivity contribution in [1.82, 2.24) is 0 Å². The number of ketones is 1. The predicted molar refractivity (Wildman–Crippen MR) is 59.3 cm³/mol. The molecule has 0 fully saturated rings. The number of ether oxygens (including phenoxy) is 1. The van der Waals surface area contributed by atoms with Crippen LogP contribution in [0.3, 0.4) is 0 Å². The minimum Gasteiger partial charge on any atom is -0.370 e. The molecule has 0 amide bonds. The van der Waals surface area contributed by atoms with Crippen LogP contribution in [0.15, 0.2) is 12.2 Å². The van der Waals surface area contributed by atoms with Crippen molar-refractivity contribution < 1.29 is 9.53 Å². The Labute approximate surface area is 87.3 Å². The Bertz CT molecular complexity index is 185. The molecule has 2 atom stereocenters. The SMILES string of the molecule is CC=CCOCC(=O)C(C)C(C)CC. The highest BCUT2D eigenvalue weighted by atomic mass is 16.5. The molecule has 82 valence electrons. The molecule has 0 aliphatic heterocycles. The second-order valence-corrected chi connectivity index (χ2v) is 3.72. The zero-order valence-electron chi connectivity index (χ0n) is 9.75. The van der Waals surface area contributed by atoms with Gasteiger partial charge in [-0.25, -0.2) is 0 Å². The molecule has 0 bridgehead atoms. The van der Waals surface area contributed by atoms with Crippen LogP contribution in [-0.4, -0.2) is 19.0 Å². The lowest BCUT2D eigenvalue weighted by molar-refractivity contribution is -0.128. The van der Waals surface area contributed by atoms with Crippen LogP contribution >= 0.6 is 0 Å². The lowest BCUT2D eigenvalue weighted by atomic mass is 9.90. The maximum Gasteiger partial charge on any atom is 0.161 e. The maximum absolute atomic E-state index is 11.6. The third kappa shape index (κ3) is 5.18. The summed E-state index contributed by atoms with van der Waals surface area (Å²) in [6, 6.07) is 0. The predicted octanol–water partition coefficient (Wildman–Crippen LogP) is 2.83. The molecule has 2 unspecified atom stereocenters. The number of allylic oxidation sites excluding steroid dienone is 1. The summed E-state index contributed by atoms with van der Waals surface area (Å²) in [5.74, 6) is 0.780. The van der Waals surface area contributed by atoms with Crippen LogP contribution in [0.25, 0.3) is 0 Å². The number of carbonyl (C=O) groups is 1. The average molecular weight is 198 g/mol. The van der Waals surface area contributed by atoms with Crippen molar-refractivity contribution in [3.05, 3.63) is 12.2 Å². The van der Waals surface area contributed by atoms with Crippen molar-refractivity contribution in [3.63, 3.8) is 0 Å². The maximum atomic E-state index is 11.6. The van der Waals surface area contributed by atoms with Gasteiger partial charge in [-0.15, -0.1) is 0 Å². The number of hydrogen-bond acceptors (Lipinski definition) is 2. The minimum absolute atomic E-state index is 0.116. The highest BCUT2D eigenvalue weighted by molar-refractivity contribution is 5.82. The molecule has 0 saturated heterocycles. The van der Waals surface area contributed by atoms with Crippen LogP contribution in [0.1, 0.15) is 34.1 Å². The first-order valence-electron chi connectivity index (χ1n) is 5.35. The first kappa shape index (κ1) is 13.4. The highest BCUT2D eigenvalue weighted by Crippen LogP contribution is 2.15. The van der Waals surface area contributed by atoms with Crippen LogP contribution in [-0.2, 0) is 9.53 Å². The fourth-order valence-electron chi connectivity index (χ4n) is 1.13. The van der Waals surface area contributed by atoms with E-state index in [1.54, 1.807) is 0 Å². The molecule has 0 aromatic rings. The molecule has 0 aromatic carbocycles. The summed E-state index contributed by atoms with van der Waals surface area (Å²) in [6.45, 7) is 8.91. The van der Waals surface area contributed by atoms with Crippen molar-refractivity contribution >= 4 is 5.78 Å². The number of carbonyl (C=O) groups excluding carboxylic acids is 1. The normalized spacial score (nSPS) is 15.7. The van der Waals surface area contributed by atoms with Crippen molar-refractivity contribution in [2.24, 2.45) is 11.8 Å². The second kappa shape index (κ2) is 7.74. The van der Waals surface area contributed by atoms with Crippen LogP contribution in [0.4, 0.5) is 0 Å². The van der Waals surface area contributed by atoms with Gasteiger partial charge in [-0.05, 0) is 12.8 Å². The lowest BCUT2D eigenvalue weighted by Gasteiger charge is -2.16. The zero-order valence-corrected chi connectivity index (χ0v) is 9.75. The van der Waals surface area contributed by atoms with Gasteiger partial charge in [-0.2, -0.15) is 0 Å². The van der Waals surface area contributed by atoms with Gasteiger partial charge in [-0.1, -0.05) is 39.3 Å². The van der Waals surface area contributed by atoms with Crippen LogP contribution in [0.2, 0.25) is 0 Å². The van der Waals surface area contributed by atoms with Crippen LogP contribution < -0.4 is 0 Å². The molecule has 0 radical (unpaired) electrons. The molecule has 14 heavy (non-hydrogen) atoms. The third-order valence-corrected chi connectivity index (χ3v) is 2.70. The molecule has 2 heteroatoms. The molecule has 0 rings (SSSR count). The van der Waals surface area contributed by atoms with E-state index in [-0.39, 0.29) is 18.3 Å². The van der Waals surface area contributed by atoms with Gasteiger partial charge in [0.2, 0.25) is 0 Å². The van der Waals surface area contributed by atoms with Gasteiger partial charge in [0.25, 0.3) is 0 Å². The molecule has 0 aliphatic carbocycles. The molecular weight excluding hydrogens is 176 g/mol. The van der Waals surface area contributed by atoms with E-state index in [0.717, 1.165) is 6.42 Å². The standard InChI is InChI=1S/C12H22O2/c1-5-7-8-14-9-12(13)11(4)10(3)6-2/h5,7,10-11H,6,8-9H2,1-4H3. The van der Waals surface area contributed by atoms with Crippen LogP contribution in [0.5, 0.6) is 0 Å². The van der Waals surface area contributed by atoms with Gasteiger partial charge in [0.15, 0.2) is 5.78 Å². The Balaban J connectivity index is 3.72. The Morgan fingerprint density at radius 2 is 2.07 bits per heavy atom. The molecule has 0 spiro atoms. The fraction of sp³-hybridized carbons (Fsp3) is 0.750. The summed E-state index contributed by atoms with van der Waals surface area (Å²) >= 11 is 0. The van der Waals surface area contributed by atoms with E-state index in [4.69, 9.17) is 4.74 Å². The average Bonchev–Trinajstić information content (AvgIpc) is 2.21. The van der Waals surface area contributed by atoms with E-state index in [0.29, 0.717) is 12.5 Å². The van der Waals surface area contributed by atoms with Gasteiger partial charge >= 0.3 is 0 Å². The van der Waals surface area contributed by atoms with Gasteiger partial charge < -0.3 is 4.74 Å². The number of hydrogen-bond donors (Lipinski definition) is 0. The first-order chi connectivity index (χ1) is 6.63. The summed E-state index contributed by atoms with van der Waals surface area (Å²) in [7, 11) is 0. The van der Waals surface area contributed by atoms with Gasteiger partial charge in [0.05, 0.1) is 6.61 Å². The second-order valence-electron chi connectivity index (χ2n) is 3.72. The Kier molecular flexibility index (Phi) is 7.40. The fourth-order valence-corrected chi connectivity index (χ4v) is 1.13. The minimum atomic E-state index is 0.116. The van der Waals surface area contributed by atoms with Gasteiger partial charge in [0.1, 0.15) is 6.61 Å². The molecule has 2 nitrogen and oxygen atoms in total. The molecule has 0 aliphatic rings. The molecule has 0 saturated carbocycles. The summed E-state index contributed by atoms with van der Waals surface area (Å²) in [5, 5.41) is 0. The van der Waals surface area contributed by atoms with E-state index in [1.165, 1.54) is 0 Å². The highest BCUT2D eigenvalue weighted by Gasteiger charge is 2.18. The van der Waals surface area contributed by atoms with E-state index < -0.39 is 0 Å². The van der Waals surface area contributed by atoms with E-state index in [2.05, 4.69) is 13.8 Å². The van der Waals surface area contributed by atoms with Crippen molar-refractivity contribution in [2.75, 3.05) is 13.2 Å². The van der Waals surface area contributed by atoms with Crippen molar-refractivity contribution in [3.8, 4) is 0 Å². The lowest BCUT2D eigenvalue weighted by Crippen LogP contribution is -2.22. The smallest absolute Gasteiger partial charge is 0.161 e. The topological polar surface area (TPSA) is 26.3 Å². The summed E-state index contributed by atoms with van der Waals surface area (Å²) in [5.41, 5.74) is 0. The zero-order chi connectivity index (χ0) is 11.0. The molecular formula is C12H22O2. The number of Topliss-reactive ketones (excluding diaryl/α,β-unsaturated/α-hetero) is 1. The monoisotopic (exact) mass is 198 g/mol. The van der Waals surface area contributed by atoms with E-state index in [9.17, 15) is 4.79 Å². The molecule has 0 aromatic heterocycles. The van der Waals surface area contributed by atoms with Gasteiger partial charge in [0, 0.05) is 5.92 Å². The summed E-state index contributed by atoms with van der Waals surface area (Å²) < 4.78 is 5.22. The summed E-state index contributed by atoms with van der Waals surface area (Å²) in [6.07, 6.45) is 4.87. The quantitative estimate of drug-likeness (QED) is 0.464. The van der Waals surface area contributed by atoms with E-state index >= 15 is 0 Å². The molecule has 0 N–H and O–H groups in total.